The highest BCUT2D eigenvalue weighted by molar-refractivity contribution is 5.91. The van der Waals surface area contributed by atoms with E-state index in [0.717, 1.165) is 19.4 Å². The Labute approximate surface area is 144 Å². The maximum absolute atomic E-state index is 14.1. The molecule has 2 saturated carbocycles. The Kier molecular flexibility index (Phi) is 3.19. The van der Waals surface area contributed by atoms with Gasteiger partial charge in [-0.2, -0.15) is 0 Å². The van der Waals surface area contributed by atoms with Crippen molar-refractivity contribution in [3.8, 4) is 0 Å². The van der Waals surface area contributed by atoms with Gasteiger partial charge in [-0.05, 0) is 25.7 Å². The van der Waals surface area contributed by atoms with Gasteiger partial charge in [-0.25, -0.2) is 4.39 Å². The van der Waals surface area contributed by atoms with Gasteiger partial charge in [0.1, 0.15) is 0 Å². The summed E-state index contributed by atoms with van der Waals surface area (Å²) in [4.78, 5) is 28.5. The van der Waals surface area contributed by atoms with E-state index in [4.69, 9.17) is 0 Å². The number of rotatable bonds is 3. The zero-order chi connectivity index (χ0) is 17.2. The maximum atomic E-state index is 14.1. The number of carbonyl (C=O) groups is 2. The van der Waals surface area contributed by atoms with Crippen molar-refractivity contribution in [2.24, 2.45) is 0 Å². The number of hydrogen-bond acceptors (Lipinski definition) is 5. The Hall–Kier alpha value is -2.03. The third-order valence-corrected chi connectivity index (χ3v) is 5.65. The van der Waals surface area contributed by atoms with Crippen LogP contribution in [0.25, 0.3) is 0 Å². The van der Waals surface area contributed by atoms with Crippen molar-refractivity contribution < 1.29 is 14.0 Å². The minimum absolute atomic E-state index is 0.122. The molecule has 1 aromatic heterocycles. The molecule has 25 heavy (non-hydrogen) atoms. The number of carbonyl (C=O) groups excluding carboxylic acids is 2. The lowest BCUT2D eigenvalue weighted by atomic mass is 10.1. The van der Waals surface area contributed by atoms with Crippen LogP contribution in [0.3, 0.4) is 0 Å². The second kappa shape index (κ2) is 5.23. The SMILES string of the molecule is O=C(NC1CC1)c1nnc2n1CCN1CCN(C(=O)C3(F)CC3)CC21. The highest BCUT2D eigenvalue weighted by Crippen LogP contribution is 2.42. The molecule has 3 fully saturated rings. The average Bonchev–Trinajstić information content (AvgIpc) is 3.53. The van der Waals surface area contributed by atoms with Gasteiger partial charge >= 0.3 is 0 Å². The molecule has 2 aliphatic heterocycles. The van der Waals surface area contributed by atoms with Crippen molar-refractivity contribution in [2.45, 2.75) is 50.0 Å². The largest absolute Gasteiger partial charge is 0.347 e. The van der Waals surface area contributed by atoms with Crippen molar-refractivity contribution in [3.63, 3.8) is 0 Å². The molecule has 3 heterocycles. The second-order valence-corrected chi connectivity index (χ2v) is 7.55. The van der Waals surface area contributed by atoms with Crippen LogP contribution in [0.5, 0.6) is 0 Å². The summed E-state index contributed by atoms with van der Waals surface area (Å²) in [6.45, 7) is 3.09. The van der Waals surface area contributed by atoms with E-state index in [0.29, 0.717) is 50.7 Å². The van der Waals surface area contributed by atoms with E-state index in [9.17, 15) is 14.0 Å². The van der Waals surface area contributed by atoms with Crippen LogP contribution in [-0.2, 0) is 11.3 Å². The fourth-order valence-electron chi connectivity index (χ4n) is 3.78. The predicted molar refractivity (Wildman–Crippen MR) is 84.5 cm³/mol. The quantitative estimate of drug-likeness (QED) is 0.823. The molecule has 2 aliphatic carbocycles. The molecule has 9 heteroatoms. The van der Waals surface area contributed by atoms with E-state index in [-0.39, 0.29) is 18.0 Å². The third kappa shape index (κ3) is 2.52. The van der Waals surface area contributed by atoms with E-state index in [1.54, 1.807) is 4.90 Å². The Morgan fingerprint density at radius 2 is 1.88 bits per heavy atom. The topological polar surface area (TPSA) is 83.4 Å². The predicted octanol–water partition coefficient (Wildman–Crippen LogP) is -0.129. The van der Waals surface area contributed by atoms with Gasteiger partial charge in [-0.1, -0.05) is 0 Å². The van der Waals surface area contributed by atoms with Crippen LogP contribution in [0.15, 0.2) is 0 Å². The lowest BCUT2D eigenvalue weighted by Gasteiger charge is -2.43. The van der Waals surface area contributed by atoms with Crippen LogP contribution < -0.4 is 5.32 Å². The summed E-state index contributed by atoms with van der Waals surface area (Å²) in [6.07, 6.45) is 2.70. The molecule has 1 unspecified atom stereocenters. The molecule has 0 aromatic carbocycles. The first-order valence-corrected chi connectivity index (χ1v) is 9.01. The van der Waals surface area contributed by atoms with Crippen molar-refractivity contribution in [1.82, 2.24) is 29.9 Å². The highest BCUT2D eigenvalue weighted by atomic mass is 19.1. The zero-order valence-corrected chi connectivity index (χ0v) is 13.9. The first kappa shape index (κ1) is 15.2. The van der Waals surface area contributed by atoms with Crippen molar-refractivity contribution in [2.75, 3.05) is 26.2 Å². The summed E-state index contributed by atoms with van der Waals surface area (Å²) >= 11 is 0. The minimum atomic E-state index is -1.64. The van der Waals surface area contributed by atoms with E-state index < -0.39 is 11.6 Å². The molecule has 134 valence electrons. The summed E-state index contributed by atoms with van der Waals surface area (Å²) in [5.41, 5.74) is -1.64. The van der Waals surface area contributed by atoms with Crippen LogP contribution >= 0.6 is 0 Å². The van der Waals surface area contributed by atoms with Gasteiger partial charge in [-0.15, -0.1) is 10.2 Å². The maximum Gasteiger partial charge on any atom is 0.289 e. The number of nitrogens with one attached hydrogen (secondary N) is 1. The molecule has 0 radical (unpaired) electrons. The van der Waals surface area contributed by atoms with Gasteiger partial charge in [-0.3, -0.25) is 14.5 Å². The summed E-state index contributed by atoms with van der Waals surface area (Å²) in [7, 11) is 0. The highest BCUT2D eigenvalue weighted by Gasteiger charge is 2.54. The number of aromatic nitrogens is 3. The van der Waals surface area contributed by atoms with Crippen LogP contribution in [0.2, 0.25) is 0 Å². The van der Waals surface area contributed by atoms with E-state index in [2.05, 4.69) is 20.4 Å². The molecular formula is C16H21FN6O2. The third-order valence-electron chi connectivity index (χ3n) is 5.65. The lowest BCUT2D eigenvalue weighted by molar-refractivity contribution is -0.141. The van der Waals surface area contributed by atoms with Crippen molar-refractivity contribution in [3.05, 3.63) is 11.6 Å². The molecule has 1 N–H and O–H groups in total. The first-order chi connectivity index (χ1) is 12.0. The van der Waals surface area contributed by atoms with E-state index >= 15 is 0 Å². The molecule has 8 nitrogen and oxygen atoms in total. The Morgan fingerprint density at radius 1 is 1.12 bits per heavy atom. The molecule has 0 spiro atoms. The number of halogens is 1. The number of alkyl halides is 1. The fraction of sp³-hybridized carbons (Fsp3) is 0.750. The van der Waals surface area contributed by atoms with Crippen LogP contribution in [0.4, 0.5) is 4.39 Å². The summed E-state index contributed by atoms with van der Waals surface area (Å²) in [5.74, 6) is 0.470. The van der Waals surface area contributed by atoms with Gasteiger partial charge in [0.05, 0.1) is 6.04 Å². The molecule has 1 aromatic rings. The number of fused-ring (bicyclic) bond motifs is 3. The molecule has 5 rings (SSSR count). The molecule has 2 amide bonds. The van der Waals surface area contributed by atoms with Crippen molar-refractivity contribution in [1.29, 1.82) is 0 Å². The molecule has 1 atom stereocenters. The van der Waals surface area contributed by atoms with Gasteiger partial charge in [0.25, 0.3) is 11.8 Å². The minimum Gasteiger partial charge on any atom is -0.347 e. The summed E-state index contributed by atoms with van der Waals surface area (Å²) in [5, 5.41) is 11.3. The smallest absolute Gasteiger partial charge is 0.289 e. The average molecular weight is 348 g/mol. The van der Waals surface area contributed by atoms with Gasteiger partial charge < -0.3 is 14.8 Å². The lowest BCUT2D eigenvalue weighted by Crippen LogP contribution is -2.55. The number of piperazine rings is 1. The molecular weight excluding hydrogens is 327 g/mol. The number of nitrogens with zero attached hydrogens (tertiary/aromatic N) is 5. The number of amides is 2. The van der Waals surface area contributed by atoms with Gasteiger partial charge in [0, 0.05) is 38.8 Å². The van der Waals surface area contributed by atoms with Gasteiger partial charge in [0.15, 0.2) is 11.5 Å². The normalized spacial score (nSPS) is 27.4. The summed E-state index contributed by atoms with van der Waals surface area (Å²) in [6, 6.07) is 0.145. The first-order valence-electron chi connectivity index (χ1n) is 9.01. The fourth-order valence-corrected chi connectivity index (χ4v) is 3.78. The summed E-state index contributed by atoms with van der Waals surface area (Å²) < 4.78 is 16.0. The standard InChI is InChI=1S/C16H21FN6O2/c17-16(3-4-16)15(25)22-6-5-21-7-8-23-12(11(21)9-22)19-20-13(23)14(24)18-10-1-2-10/h10-11H,1-9H2,(H,18,24). The second-order valence-electron chi connectivity index (χ2n) is 7.55. The van der Waals surface area contributed by atoms with Gasteiger partial charge in [0.2, 0.25) is 5.82 Å². The zero-order valence-electron chi connectivity index (χ0n) is 13.9. The number of hydrogen-bond donors (Lipinski definition) is 1. The Bertz CT molecular complexity index is 741. The molecule has 0 bridgehead atoms. The Morgan fingerprint density at radius 3 is 2.60 bits per heavy atom. The van der Waals surface area contributed by atoms with Crippen LogP contribution in [-0.4, -0.2) is 74.3 Å². The molecule has 1 saturated heterocycles. The van der Waals surface area contributed by atoms with Crippen LogP contribution in [0.1, 0.15) is 48.2 Å². The van der Waals surface area contributed by atoms with Crippen molar-refractivity contribution >= 4 is 11.8 Å². The monoisotopic (exact) mass is 348 g/mol. The molecule has 4 aliphatic rings. The van der Waals surface area contributed by atoms with E-state index in [1.165, 1.54) is 0 Å². The Balaban J connectivity index is 1.38. The van der Waals surface area contributed by atoms with Crippen LogP contribution in [0, 0.1) is 0 Å². The van der Waals surface area contributed by atoms with E-state index in [1.807, 2.05) is 4.57 Å².